The standard InChI is InChI=1S/C18H22N2O3/c1-13(2)23-15-8-6-7-14(11-15)19-12-18(21)20-16-9-4-5-10-17(16)22-3/h4-11,13,19H,12H2,1-3H3,(H,20,21). The molecule has 0 aromatic heterocycles. The molecule has 0 fully saturated rings. The second kappa shape index (κ2) is 8.08. The van der Waals surface area contributed by atoms with E-state index in [1.165, 1.54) is 0 Å². The first-order valence-electron chi connectivity index (χ1n) is 7.52. The summed E-state index contributed by atoms with van der Waals surface area (Å²) in [6.45, 7) is 4.10. The molecule has 0 aliphatic heterocycles. The van der Waals surface area contributed by atoms with Crippen molar-refractivity contribution in [3.8, 4) is 11.5 Å². The van der Waals surface area contributed by atoms with Crippen LogP contribution < -0.4 is 20.1 Å². The number of carbonyl (C=O) groups excluding carboxylic acids is 1. The van der Waals surface area contributed by atoms with Crippen LogP contribution >= 0.6 is 0 Å². The molecular formula is C18H22N2O3. The maximum Gasteiger partial charge on any atom is 0.243 e. The van der Waals surface area contributed by atoms with E-state index < -0.39 is 0 Å². The molecule has 0 spiro atoms. The van der Waals surface area contributed by atoms with Crippen LogP contribution in [0.15, 0.2) is 48.5 Å². The molecule has 2 N–H and O–H groups in total. The maximum atomic E-state index is 12.1. The lowest BCUT2D eigenvalue weighted by Gasteiger charge is -2.13. The largest absolute Gasteiger partial charge is 0.495 e. The van der Waals surface area contributed by atoms with Crippen molar-refractivity contribution in [3.63, 3.8) is 0 Å². The van der Waals surface area contributed by atoms with Crippen molar-refractivity contribution < 1.29 is 14.3 Å². The summed E-state index contributed by atoms with van der Waals surface area (Å²) in [5.41, 5.74) is 1.48. The predicted octanol–water partition coefficient (Wildman–Crippen LogP) is 3.53. The molecule has 23 heavy (non-hydrogen) atoms. The van der Waals surface area contributed by atoms with Gasteiger partial charge in [-0.25, -0.2) is 0 Å². The molecule has 0 bridgehead atoms. The number of nitrogens with one attached hydrogen (secondary N) is 2. The van der Waals surface area contributed by atoms with Gasteiger partial charge in [-0.15, -0.1) is 0 Å². The van der Waals surface area contributed by atoms with E-state index in [4.69, 9.17) is 9.47 Å². The zero-order valence-corrected chi connectivity index (χ0v) is 13.6. The Morgan fingerprint density at radius 2 is 1.91 bits per heavy atom. The molecule has 0 unspecified atom stereocenters. The molecule has 0 radical (unpaired) electrons. The fraction of sp³-hybridized carbons (Fsp3) is 0.278. The normalized spacial score (nSPS) is 10.3. The number of rotatable bonds is 7. The summed E-state index contributed by atoms with van der Waals surface area (Å²) in [7, 11) is 1.57. The Morgan fingerprint density at radius 3 is 2.65 bits per heavy atom. The summed E-state index contributed by atoms with van der Waals surface area (Å²) < 4.78 is 10.8. The van der Waals surface area contributed by atoms with E-state index in [0.717, 1.165) is 11.4 Å². The molecule has 2 rings (SSSR count). The summed E-state index contributed by atoms with van der Waals surface area (Å²) in [5.74, 6) is 1.26. The lowest BCUT2D eigenvalue weighted by atomic mass is 10.3. The third-order valence-corrected chi connectivity index (χ3v) is 3.04. The summed E-state index contributed by atoms with van der Waals surface area (Å²) in [4.78, 5) is 12.1. The van der Waals surface area contributed by atoms with Crippen LogP contribution in [0.25, 0.3) is 0 Å². The van der Waals surface area contributed by atoms with Gasteiger partial charge in [-0.2, -0.15) is 0 Å². The van der Waals surface area contributed by atoms with Crippen LogP contribution in [0.5, 0.6) is 11.5 Å². The van der Waals surface area contributed by atoms with E-state index in [9.17, 15) is 4.79 Å². The number of para-hydroxylation sites is 2. The highest BCUT2D eigenvalue weighted by Gasteiger charge is 2.07. The number of hydrogen-bond acceptors (Lipinski definition) is 4. The number of carbonyl (C=O) groups is 1. The van der Waals surface area contributed by atoms with E-state index in [2.05, 4.69) is 10.6 Å². The van der Waals surface area contributed by atoms with Crippen LogP contribution in [-0.2, 0) is 4.79 Å². The SMILES string of the molecule is COc1ccccc1NC(=O)CNc1cccc(OC(C)C)c1. The van der Waals surface area contributed by atoms with Gasteiger partial charge < -0.3 is 20.1 Å². The van der Waals surface area contributed by atoms with Gasteiger partial charge in [0, 0.05) is 11.8 Å². The smallest absolute Gasteiger partial charge is 0.243 e. The van der Waals surface area contributed by atoms with E-state index in [1.807, 2.05) is 50.2 Å². The van der Waals surface area contributed by atoms with Crippen LogP contribution in [0.4, 0.5) is 11.4 Å². The fourth-order valence-corrected chi connectivity index (χ4v) is 2.08. The van der Waals surface area contributed by atoms with Crippen molar-refractivity contribution in [1.29, 1.82) is 0 Å². The lowest BCUT2D eigenvalue weighted by Crippen LogP contribution is -2.22. The second-order valence-electron chi connectivity index (χ2n) is 5.30. The Labute approximate surface area is 136 Å². The minimum Gasteiger partial charge on any atom is -0.495 e. The van der Waals surface area contributed by atoms with Gasteiger partial charge in [0.1, 0.15) is 11.5 Å². The lowest BCUT2D eigenvalue weighted by molar-refractivity contribution is -0.114. The van der Waals surface area contributed by atoms with Crippen molar-refractivity contribution in [2.75, 3.05) is 24.3 Å². The van der Waals surface area contributed by atoms with Gasteiger partial charge in [-0.3, -0.25) is 4.79 Å². The third-order valence-electron chi connectivity index (χ3n) is 3.04. The topological polar surface area (TPSA) is 59.6 Å². The van der Waals surface area contributed by atoms with Gasteiger partial charge in [-0.05, 0) is 38.1 Å². The van der Waals surface area contributed by atoms with Crippen LogP contribution in [0.2, 0.25) is 0 Å². The molecule has 0 atom stereocenters. The number of ether oxygens (including phenoxy) is 2. The van der Waals surface area contributed by atoms with Gasteiger partial charge in [0.2, 0.25) is 5.91 Å². The zero-order chi connectivity index (χ0) is 16.7. The highest BCUT2D eigenvalue weighted by Crippen LogP contribution is 2.23. The van der Waals surface area contributed by atoms with Crippen LogP contribution in [0.3, 0.4) is 0 Å². The first-order valence-corrected chi connectivity index (χ1v) is 7.52. The van der Waals surface area contributed by atoms with E-state index in [1.54, 1.807) is 19.2 Å². The molecule has 0 heterocycles. The molecule has 5 heteroatoms. The minimum atomic E-state index is -0.148. The quantitative estimate of drug-likeness (QED) is 0.821. The van der Waals surface area contributed by atoms with Gasteiger partial charge >= 0.3 is 0 Å². The summed E-state index contributed by atoms with van der Waals surface area (Å²) in [5, 5.41) is 5.90. The minimum absolute atomic E-state index is 0.110. The molecule has 2 aromatic carbocycles. The van der Waals surface area contributed by atoms with E-state index in [0.29, 0.717) is 11.4 Å². The van der Waals surface area contributed by atoms with Crippen molar-refractivity contribution in [2.24, 2.45) is 0 Å². The Bertz CT molecular complexity index is 656. The highest BCUT2D eigenvalue weighted by molar-refractivity contribution is 5.95. The first kappa shape index (κ1) is 16.7. The molecule has 0 saturated heterocycles. The van der Waals surface area contributed by atoms with Crippen LogP contribution in [0.1, 0.15) is 13.8 Å². The van der Waals surface area contributed by atoms with Crippen molar-refractivity contribution in [3.05, 3.63) is 48.5 Å². The Balaban J connectivity index is 1.91. The van der Waals surface area contributed by atoms with Crippen molar-refractivity contribution in [2.45, 2.75) is 20.0 Å². The number of hydrogen-bond donors (Lipinski definition) is 2. The second-order valence-corrected chi connectivity index (χ2v) is 5.30. The van der Waals surface area contributed by atoms with Gasteiger partial charge in [0.05, 0.1) is 25.4 Å². The molecule has 1 amide bonds. The molecule has 122 valence electrons. The van der Waals surface area contributed by atoms with Crippen molar-refractivity contribution in [1.82, 2.24) is 0 Å². The Hall–Kier alpha value is -2.69. The van der Waals surface area contributed by atoms with E-state index >= 15 is 0 Å². The van der Waals surface area contributed by atoms with Crippen molar-refractivity contribution >= 4 is 17.3 Å². The van der Waals surface area contributed by atoms with Crippen LogP contribution in [0, 0.1) is 0 Å². The Morgan fingerprint density at radius 1 is 1.13 bits per heavy atom. The van der Waals surface area contributed by atoms with E-state index in [-0.39, 0.29) is 18.6 Å². The first-order chi connectivity index (χ1) is 11.1. The number of methoxy groups -OCH3 is 1. The molecule has 0 aliphatic carbocycles. The molecule has 2 aromatic rings. The maximum absolute atomic E-state index is 12.1. The monoisotopic (exact) mass is 314 g/mol. The zero-order valence-electron chi connectivity index (χ0n) is 13.6. The summed E-state index contributed by atoms with van der Waals surface area (Å²) in [6.07, 6.45) is 0.110. The summed E-state index contributed by atoms with van der Waals surface area (Å²) in [6, 6.07) is 14.8. The van der Waals surface area contributed by atoms with Gasteiger partial charge in [-0.1, -0.05) is 18.2 Å². The van der Waals surface area contributed by atoms with Crippen LogP contribution in [-0.4, -0.2) is 25.7 Å². The number of benzene rings is 2. The number of anilines is 2. The molecular weight excluding hydrogens is 292 g/mol. The highest BCUT2D eigenvalue weighted by atomic mass is 16.5. The average Bonchev–Trinajstić information content (AvgIpc) is 2.53. The third kappa shape index (κ3) is 5.21. The molecule has 5 nitrogen and oxygen atoms in total. The predicted molar refractivity (Wildman–Crippen MR) is 92.3 cm³/mol. The fourth-order valence-electron chi connectivity index (χ4n) is 2.08. The average molecular weight is 314 g/mol. The van der Waals surface area contributed by atoms with Gasteiger partial charge in [0.15, 0.2) is 0 Å². The summed E-state index contributed by atoms with van der Waals surface area (Å²) >= 11 is 0. The Kier molecular flexibility index (Phi) is 5.86. The molecule has 0 aliphatic rings. The van der Waals surface area contributed by atoms with Gasteiger partial charge in [0.25, 0.3) is 0 Å². The molecule has 0 saturated carbocycles. The number of amides is 1.